The summed E-state index contributed by atoms with van der Waals surface area (Å²) in [6.07, 6.45) is 13.0. The number of fused-ring (bicyclic) bond motifs is 1. The Bertz CT molecular complexity index is 1570. The van der Waals surface area contributed by atoms with E-state index in [-0.39, 0.29) is 17.9 Å². The topological polar surface area (TPSA) is 131 Å². The highest BCUT2D eigenvalue weighted by Gasteiger charge is 2.23. The zero-order valence-corrected chi connectivity index (χ0v) is 22.5. The highest BCUT2D eigenvalue weighted by molar-refractivity contribution is 6.04. The summed E-state index contributed by atoms with van der Waals surface area (Å²) in [7, 11) is 3.92. The molecule has 2 amide bonds. The number of allylic oxidation sites excluding steroid dienone is 1. The molecule has 40 heavy (non-hydrogen) atoms. The van der Waals surface area contributed by atoms with Crippen molar-refractivity contribution < 1.29 is 9.59 Å². The maximum Gasteiger partial charge on any atom is 0.256 e. The third kappa shape index (κ3) is 6.08. The monoisotopic (exact) mass is 536 g/mol. The van der Waals surface area contributed by atoms with Crippen LogP contribution in [-0.2, 0) is 4.79 Å². The molecule has 3 heterocycles. The molecule has 1 unspecified atom stereocenters. The van der Waals surface area contributed by atoms with Crippen molar-refractivity contribution in [3.05, 3.63) is 90.7 Å². The predicted octanol–water partition coefficient (Wildman–Crippen LogP) is 3.80. The summed E-state index contributed by atoms with van der Waals surface area (Å²) < 4.78 is 1.97. The number of hydrogen-bond donors (Lipinski definition) is 3. The van der Waals surface area contributed by atoms with E-state index in [1.165, 1.54) is 0 Å². The minimum absolute atomic E-state index is 0.0717. The van der Waals surface area contributed by atoms with E-state index in [0.717, 1.165) is 36.3 Å². The van der Waals surface area contributed by atoms with Crippen LogP contribution in [0.25, 0.3) is 22.3 Å². The molecule has 0 radical (unpaired) electrons. The number of hydrogen-bond acceptors (Lipinski definition) is 7. The van der Waals surface area contributed by atoms with E-state index >= 15 is 0 Å². The summed E-state index contributed by atoms with van der Waals surface area (Å²) in [5, 5.41) is 5.88. The smallest absolute Gasteiger partial charge is 0.256 e. The summed E-state index contributed by atoms with van der Waals surface area (Å²) in [6, 6.07) is 12.6. The van der Waals surface area contributed by atoms with Gasteiger partial charge in [-0.05, 0) is 63.2 Å². The fourth-order valence-electron chi connectivity index (χ4n) is 4.68. The van der Waals surface area contributed by atoms with Gasteiger partial charge in [0.1, 0.15) is 28.7 Å². The average Bonchev–Trinajstić information content (AvgIpc) is 3.35. The van der Waals surface area contributed by atoms with Crippen LogP contribution in [0, 0.1) is 0 Å². The molecule has 204 valence electrons. The van der Waals surface area contributed by atoms with E-state index in [2.05, 4.69) is 26.7 Å². The molecule has 0 spiro atoms. The fraction of sp³-hybridized carbons (Fsp3) is 0.233. The lowest BCUT2D eigenvalue weighted by Gasteiger charge is -2.22. The van der Waals surface area contributed by atoms with Crippen molar-refractivity contribution in [2.24, 2.45) is 0 Å². The van der Waals surface area contributed by atoms with E-state index in [4.69, 9.17) is 10.7 Å². The number of pyridine rings is 1. The molecule has 10 nitrogen and oxygen atoms in total. The Hall–Kier alpha value is -4.83. The van der Waals surface area contributed by atoms with Gasteiger partial charge in [0.15, 0.2) is 0 Å². The Balaban J connectivity index is 1.35. The summed E-state index contributed by atoms with van der Waals surface area (Å²) in [6.45, 7) is 0.719. The number of aromatic nitrogens is 4. The third-order valence-corrected chi connectivity index (χ3v) is 6.69. The minimum atomic E-state index is -0.246. The number of nitrogen functional groups attached to an aromatic ring is 1. The molecule has 5 rings (SSSR count). The first-order valence-corrected chi connectivity index (χ1v) is 13.2. The van der Waals surface area contributed by atoms with Gasteiger partial charge in [0.05, 0.1) is 0 Å². The largest absolute Gasteiger partial charge is 0.382 e. The van der Waals surface area contributed by atoms with Gasteiger partial charge in [-0.15, -0.1) is 0 Å². The normalized spacial score (nSPS) is 15.4. The fourth-order valence-corrected chi connectivity index (χ4v) is 4.68. The maximum absolute atomic E-state index is 12.7. The highest BCUT2D eigenvalue weighted by atomic mass is 16.2. The minimum Gasteiger partial charge on any atom is -0.382 e. The molecule has 10 heteroatoms. The molecule has 3 aromatic heterocycles. The first-order chi connectivity index (χ1) is 19.4. The molecule has 4 N–H and O–H groups in total. The van der Waals surface area contributed by atoms with Crippen LogP contribution < -0.4 is 16.4 Å². The molecule has 1 aliphatic carbocycles. The van der Waals surface area contributed by atoms with Crippen LogP contribution in [-0.4, -0.2) is 62.7 Å². The molecule has 0 saturated carbocycles. The second kappa shape index (κ2) is 11.9. The lowest BCUT2D eigenvalue weighted by atomic mass is 9.94. The van der Waals surface area contributed by atoms with Crippen molar-refractivity contribution in [1.82, 2.24) is 29.6 Å². The van der Waals surface area contributed by atoms with E-state index in [1.54, 1.807) is 42.7 Å². The number of rotatable bonds is 8. The predicted molar refractivity (Wildman–Crippen MR) is 156 cm³/mol. The average molecular weight is 537 g/mol. The standard InChI is InChI=1S/C30H32N8O2/c1-37(2)18-5-7-25(39)34-23-14-12-21(13-15-23)29-36-26(27-28(31)33-17-19-38(27)29)20-8-10-22(11-9-20)30(40)35-24-6-3-4-16-32-24/h3-12,16-17,19,23H,13-15,18H2,1-2H3,(H2,31,33)(H,34,39)(H,32,35,40)/b7-5+. The van der Waals surface area contributed by atoms with Crippen LogP contribution in [0.5, 0.6) is 0 Å². The second-order valence-corrected chi connectivity index (χ2v) is 9.94. The van der Waals surface area contributed by atoms with Crippen LogP contribution in [0.3, 0.4) is 0 Å². The van der Waals surface area contributed by atoms with Crippen molar-refractivity contribution in [2.45, 2.75) is 25.3 Å². The van der Waals surface area contributed by atoms with Crippen molar-refractivity contribution in [3.8, 4) is 11.3 Å². The van der Waals surface area contributed by atoms with Crippen LogP contribution in [0.2, 0.25) is 0 Å². The Morgan fingerprint density at radius 1 is 1.12 bits per heavy atom. The third-order valence-electron chi connectivity index (χ3n) is 6.69. The van der Waals surface area contributed by atoms with Crippen molar-refractivity contribution in [1.29, 1.82) is 0 Å². The van der Waals surface area contributed by atoms with Gasteiger partial charge in [-0.2, -0.15) is 0 Å². The van der Waals surface area contributed by atoms with Gasteiger partial charge in [-0.3, -0.25) is 14.0 Å². The van der Waals surface area contributed by atoms with Gasteiger partial charge in [-0.1, -0.05) is 30.4 Å². The molecule has 1 aliphatic rings. The molecular weight excluding hydrogens is 504 g/mol. The van der Waals surface area contributed by atoms with Crippen molar-refractivity contribution >= 4 is 34.5 Å². The molecule has 0 fully saturated rings. The van der Waals surface area contributed by atoms with Crippen LogP contribution in [0.15, 0.2) is 79.3 Å². The maximum atomic E-state index is 12.7. The number of nitrogens with zero attached hydrogens (tertiary/aromatic N) is 5. The quantitative estimate of drug-likeness (QED) is 0.292. The lowest BCUT2D eigenvalue weighted by Crippen LogP contribution is -2.34. The summed E-state index contributed by atoms with van der Waals surface area (Å²) in [4.78, 5) is 40.4. The Morgan fingerprint density at radius 2 is 1.95 bits per heavy atom. The first-order valence-electron chi connectivity index (χ1n) is 13.2. The number of carbonyl (C=O) groups is 2. The zero-order valence-electron chi connectivity index (χ0n) is 22.5. The summed E-state index contributed by atoms with van der Waals surface area (Å²) >= 11 is 0. The molecule has 0 aliphatic heterocycles. The van der Waals surface area contributed by atoms with Crippen molar-refractivity contribution in [3.63, 3.8) is 0 Å². The van der Waals surface area contributed by atoms with Crippen LogP contribution in [0.1, 0.15) is 35.4 Å². The second-order valence-electron chi connectivity index (χ2n) is 9.94. The van der Waals surface area contributed by atoms with Crippen molar-refractivity contribution in [2.75, 3.05) is 31.7 Å². The van der Waals surface area contributed by atoms with Gasteiger partial charge in [-0.25, -0.2) is 15.0 Å². The van der Waals surface area contributed by atoms with E-state index < -0.39 is 0 Å². The zero-order chi connectivity index (χ0) is 28.1. The van der Waals surface area contributed by atoms with Gasteiger partial charge in [0.25, 0.3) is 5.91 Å². The molecule has 1 aromatic carbocycles. The van der Waals surface area contributed by atoms with Gasteiger partial charge in [0.2, 0.25) is 5.91 Å². The summed E-state index contributed by atoms with van der Waals surface area (Å²) in [5.41, 5.74) is 10.1. The number of carbonyl (C=O) groups excluding carboxylic acids is 2. The highest BCUT2D eigenvalue weighted by Crippen LogP contribution is 2.33. The Kier molecular flexibility index (Phi) is 7.97. The number of benzene rings is 1. The van der Waals surface area contributed by atoms with Gasteiger partial charge >= 0.3 is 0 Å². The van der Waals surface area contributed by atoms with Crippen LogP contribution in [0.4, 0.5) is 11.6 Å². The molecule has 4 aromatic rings. The van der Waals surface area contributed by atoms with E-state index in [0.29, 0.717) is 34.8 Å². The number of anilines is 2. The van der Waals surface area contributed by atoms with Crippen LogP contribution >= 0.6 is 0 Å². The Morgan fingerprint density at radius 3 is 2.65 bits per heavy atom. The molecular formula is C30H32N8O2. The Labute approximate surface area is 232 Å². The lowest BCUT2D eigenvalue weighted by molar-refractivity contribution is -0.117. The van der Waals surface area contributed by atoms with E-state index in [1.807, 2.05) is 53.9 Å². The molecule has 0 bridgehead atoms. The number of imidazole rings is 1. The molecule has 1 atom stereocenters. The van der Waals surface area contributed by atoms with E-state index in [9.17, 15) is 9.59 Å². The molecule has 0 saturated heterocycles. The van der Waals surface area contributed by atoms with Gasteiger partial charge in [0, 0.05) is 48.4 Å². The first kappa shape index (κ1) is 26.8. The number of nitrogens with two attached hydrogens (primary N) is 1. The number of amides is 2. The number of likely N-dealkylation sites (N-methyl/N-ethyl adjacent to an activating group) is 1. The SMILES string of the molecule is CN(C)C/C=C/C(=O)NC1CC=C(c2nc(-c3ccc(C(=O)Nc4ccccn4)cc3)c3c(N)nccn23)CC1. The summed E-state index contributed by atoms with van der Waals surface area (Å²) in [5.74, 6) is 1.34. The van der Waals surface area contributed by atoms with Gasteiger partial charge < -0.3 is 21.3 Å². The number of nitrogens with one attached hydrogen (secondary N) is 2.